The van der Waals surface area contributed by atoms with E-state index < -0.39 is 0 Å². The summed E-state index contributed by atoms with van der Waals surface area (Å²) in [5.74, 6) is 0.628. The Morgan fingerprint density at radius 3 is 3.11 bits per heavy atom. The van der Waals surface area contributed by atoms with Gasteiger partial charge in [0.05, 0.1) is 12.3 Å². The zero-order valence-electron chi connectivity index (χ0n) is 10.9. The molecule has 1 rings (SSSR count). The van der Waals surface area contributed by atoms with Crippen LogP contribution in [0, 0.1) is 11.3 Å². The van der Waals surface area contributed by atoms with Crippen molar-refractivity contribution in [3.63, 3.8) is 0 Å². The first-order valence-corrected chi connectivity index (χ1v) is 5.94. The maximum absolute atomic E-state index is 8.89. The van der Waals surface area contributed by atoms with Crippen molar-refractivity contribution in [2.24, 2.45) is 10.7 Å². The molecule has 0 amide bonds. The van der Waals surface area contributed by atoms with Crippen LogP contribution in [0.15, 0.2) is 4.99 Å². The van der Waals surface area contributed by atoms with Gasteiger partial charge in [0.1, 0.15) is 11.6 Å². The molecule has 0 aromatic carbocycles. The van der Waals surface area contributed by atoms with Crippen LogP contribution in [0.3, 0.4) is 0 Å². The molecule has 1 aromatic heterocycles. The van der Waals surface area contributed by atoms with Crippen molar-refractivity contribution in [3.8, 4) is 6.07 Å². The van der Waals surface area contributed by atoms with Crippen molar-refractivity contribution in [3.05, 3.63) is 11.3 Å². The summed E-state index contributed by atoms with van der Waals surface area (Å²) in [5, 5.41) is 18.4. The monoisotopic (exact) mass is 265 g/mol. The highest BCUT2D eigenvalue weighted by atomic mass is 16.5. The van der Waals surface area contributed by atoms with Gasteiger partial charge in [-0.3, -0.25) is 10.1 Å². The molecule has 0 bridgehead atoms. The molecule has 0 aliphatic rings. The summed E-state index contributed by atoms with van der Waals surface area (Å²) in [5.41, 5.74) is 12.3. The third-order valence-corrected chi connectivity index (χ3v) is 2.46. The third-order valence-electron chi connectivity index (χ3n) is 2.46. The molecular formula is C11H19N7O. The van der Waals surface area contributed by atoms with E-state index in [0.717, 1.165) is 12.1 Å². The Balaban J connectivity index is 2.30. The Morgan fingerprint density at radius 2 is 2.42 bits per heavy atom. The van der Waals surface area contributed by atoms with E-state index in [9.17, 15) is 0 Å². The quantitative estimate of drug-likeness (QED) is 0.293. The minimum Gasteiger partial charge on any atom is -0.383 e. The van der Waals surface area contributed by atoms with Crippen LogP contribution >= 0.6 is 0 Å². The van der Waals surface area contributed by atoms with Crippen LogP contribution in [0.4, 0.5) is 5.82 Å². The van der Waals surface area contributed by atoms with Crippen LogP contribution in [0.1, 0.15) is 17.7 Å². The predicted octanol–water partition coefficient (Wildman–Crippen LogP) is -0.653. The van der Waals surface area contributed by atoms with Crippen molar-refractivity contribution in [1.82, 2.24) is 15.5 Å². The standard InChI is InChI=1S/C11H19N7O/c1-19-6-5-16-11(14)15-4-2-3-9-8(7-12)10(13)18-17-9/h2-6H2,1H3,(H3,13,17,18)(H3,14,15,16). The normalized spacial score (nSPS) is 11.3. The number of guanidine groups is 1. The second-order valence-electron chi connectivity index (χ2n) is 3.86. The number of rotatable bonds is 7. The van der Waals surface area contributed by atoms with Crippen molar-refractivity contribution in [2.45, 2.75) is 12.8 Å². The second-order valence-corrected chi connectivity index (χ2v) is 3.86. The Hall–Kier alpha value is -2.27. The average molecular weight is 265 g/mol. The molecule has 0 unspecified atom stereocenters. The van der Waals surface area contributed by atoms with Gasteiger partial charge in [0.25, 0.3) is 0 Å². The number of nitrogen functional groups attached to an aromatic ring is 1. The summed E-state index contributed by atoms with van der Waals surface area (Å²) in [6.45, 7) is 1.77. The number of hydrogen-bond donors (Lipinski definition) is 4. The molecule has 1 heterocycles. The fourth-order valence-electron chi connectivity index (χ4n) is 1.49. The molecule has 0 atom stereocenters. The highest BCUT2D eigenvalue weighted by molar-refractivity contribution is 5.77. The third kappa shape index (κ3) is 4.85. The number of hydrogen-bond acceptors (Lipinski definition) is 5. The van der Waals surface area contributed by atoms with Gasteiger partial charge >= 0.3 is 0 Å². The Kier molecular flexibility index (Phi) is 6.18. The molecule has 8 heteroatoms. The molecule has 0 aliphatic carbocycles. The molecule has 0 fully saturated rings. The van der Waals surface area contributed by atoms with Crippen molar-refractivity contribution >= 4 is 11.8 Å². The van der Waals surface area contributed by atoms with Gasteiger partial charge in [-0.1, -0.05) is 0 Å². The zero-order chi connectivity index (χ0) is 14.1. The molecular weight excluding hydrogens is 246 g/mol. The van der Waals surface area contributed by atoms with Crippen molar-refractivity contribution < 1.29 is 4.74 Å². The van der Waals surface area contributed by atoms with E-state index in [2.05, 4.69) is 20.5 Å². The maximum Gasteiger partial charge on any atom is 0.188 e. The van der Waals surface area contributed by atoms with Crippen LogP contribution in [0.25, 0.3) is 0 Å². The summed E-state index contributed by atoms with van der Waals surface area (Å²) >= 11 is 0. The van der Waals surface area contributed by atoms with Crippen LogP contribution in [-0.4, -0.2) is 43.0 Å². The number of ether oxygens (including phenoxy) is 1. The largest absolute Gasteiger partial charge is 0.383 e. The highest BCUT2D eigenvalue weighted by Gasteiger charge is 2.08. The van der Waals surface area contributed by atoms with Gasteiger partial charge in [0.2, 0.25) is 0 Å². The number of nitrogens with zero attached hydrogens (tertiary/aromatic N) is 3. The Labute approximate surface area is 111 Å². The number of H-pyrrole nitrogens is 1. The van der Waals surface area contributed by atoms with E-state index in [1.54, 1.807) is 7.11 Å². The van der Waals surface area contributed by atoms with E-state index in [1.807, 2.05) is 6.07 Å². The lowest BCUT2D eigenvalue weighted by atomic mass is 10.1. The second kappa shape index (κ2) is 7.94. The van der Waals surface area contributed by atoms with E-state index in [-0.39, 0.29) is 5.82 Å². The maximum atomic E-state index is 8.89. The lowest BCUT2D eigenvalue weighted by Crippen LogP contribution is -2.34. The van der Waals surface area contributed by atoms with E-state index in [1.165, 1.54) is 0 Å². The van der Waals surface area contributed by atoms with Crippen LogP contribution in [0.2, 0.25) is 0 Å². The number of nitriles is 1. The Morgan fingerprint density at radius 1 is 1.63 bits per heavy atom. The summed E-state index contributed by atoms with van der Waals surface area (Å²) in [6, 6.07) is 2.02. The Bertz CT molecular complexity index is 460. The van der Waals surface area contributed by atoms with Gasteiger partial charge in [-0.15, -0.1) is 0 Å². The zero-order valence-corrected chi connectivity index (χ0v) is 10.9. The lowest BCUT2D eigenvalue weighted by molar-refractivity contribution is 0.204. The van der Waals surface area contributed by atoms with Gasteiger partial charge in [-0.05, 0) is 12.8 Å². The SMILES string of the molecule is COCCNC(N)=NCCCc1[nH]nc(N)c1C#N. The molecule has 19 heavy (non-hydrogen) atoms. The van der Waals surface area contributed by atoms with Gasteiger partial charge in [-0.25, -0.2) is 0 Å². The highest BCUT2D eigenvalue weighted by Crippen LogP contribution is 2.13. The van der Waals surface area contributed by atoms with Crippen LogP contribution in [-0.2, 0) is 11.2 Å². The molecule has 6 N–H and O–H groups in total. The summed E-state index contributed by atoms with van der Waals surface area (Å²) in [7, 11) is 1.62. The van der Waals surface area contributed by atoms with Crippen molar-refractivity contribution in [2.75, 3.05) is 32.5 Å². The molecule has 0 aliphatic heterocycles. The smallest absolute Gasteiger partial charge is 0.188 e. The van der Waals surface area contributed by atoms with E-state index in [4.69, 9.17) is 21.5 Å². The topological polar surface area (TPSA) is 138 Å². The molecule has 8 nitrogen and oxygen atoms in total. The molecule has 0 radical (unpaired) electrons. The first-order valence-electron chi connectivity index (χ1n) is 5.94. The minimum atomic E-state index is 0.238. The summed E-state index contributed by atoms with van der Waals surface area (Å²) in [6.07, 6.45) is 1.41. The molecule has 0 saturated carbocycles. The van der Waals surface area contributed by atoms with E-state index >= 15 is 0 Å². The number of aryl methyl sites for hydroxylation is 1. The fraction of sp³-hybridized carbons (Fsp3) is 0.545. The van der Waals surface area contributed by atoms with Crippen LogP contribution in [0.5, 0.6) is 0 Å². The predicted molar refractivity (Wildman–Crippen MR) is 72.4 cm³/mol. The van der Waals surface area contributed by atoms with Gasteiger partial charge in [0, 0.05) is 20.2 Å². The van der Waals surface area contributed by atoms with Crippen molar-refractivity contribution in [1.29, 1.82) is 5.26 Å². The average Bonchev–Trinajstić information content (AvgIpc) is 2.75. The first-order chi connectivity index (χ1) is 9.19. The number of nitrogens with one attached hydrogen (secondary N) is 2. The first kappa shape index (κ1) is 14.8. The fourth-order valence-corrected chi connectivity index (χ4v) is 1.49. The van der Waals surface area contributed by atoms with Gasteiger partial charge in [-0.2, -0.15) is 10.4 Å². The number of aromatic nitrogens is 2. The van der Waals surface area contributed by atoms with E-state index in [0.29, 0.717) is 37.6 Å². The summed E-state index contributed by atoms with van der Waals surface area (Å²) < 4.78 is 4.88. The van der Waals surface area contributed by atoms with Gasteiger partial charge in [0.15, 0.2) is 11.8 Å². The van der Waals surface area contributed by atoms with Gasteiger partial charge < -0.3 is 21.5 Å². The van der Waals surface area contributed by atoms with Crippen LogP contribution < -0.4 is 16.8 Å². The number of anilines is 1. The minimum absolute atomic E-state index is 0.238. The molecule has 0 saturated heterocycles. The number of nitrogens with two attached hydrogens (primary N) is 2. The molecule has 0 spiro atoms. The summed E-state index contributed by atoms with van der Waals surface area (Å²) in [4.78, 5) is 4.15. The number of methoxy groups -OCH3 is 1. The molecule has 1 aromatic rings. The molecule has 104 valence electrons. The number of aromatic amines is 1. The lowest BCUT2D eigenvalue weighted by Gasteiger charge is -2.04. The number of aliphatic imine (C=N–C) groups is 1.